The fourth-order valence-corrected chi connectivity index (χ4v) is 3.28. The first-order valence-electron chi connectivity index (χ1n) is 9.80. The molecule has 7 nitrogen and oxygen atoms in total. The predicted octanol–water partition coefficient (Wildman–Crippen LogP) is 4.30. The summed E-state index contributed by atoms with van der Waals surface area (Å²) in [6, 6.07) is 17.7. The highest BCUT2D eigenvalue weighted by molar-refractivity contribution is 6.06. The van der Waals surface area contributed by atoms with E-state index in [4.69, 9.17) is 14.2 Å². The third-order valence-electron chi connectivity index (χ3n) is 4.87. The fourth-order valence-electron chi connectivity index (χ4n) is 3.28. The van der Waals surface area contributed by atoms with Gasteiger partial charge in [0.2, 0.25) is 6.79 Å². The zero-order valence-corrected chi connectivity index (χ0v) is 17.2. The van der Waals surface area contributed by atoms with Crippen LogP contribution in [0.3, 0.4) is 0 Å². The van der Waals surface area contributed by atoms with E-state index in [-0.39, 0.29) is 25.2 Å². The average Bonchev–Trinajstić information content (AvgIpc) is 3.23. The first-order valence-corrected chi connectivity index (χ1v) is 9.80. The van der Waals surface area contributed by atoms with E-state index in [1.165, 1.54) is 0 Å². The van der Waals surface area contributed by atoms with Gasteiger partial charge in [0.05, 0.1) is 5.56 Å². The number of ether oxygens (including phenoxy) is 3. The van der Waals surface area contributed by atoms with E-state index < -0.39 is 0 Å². The average molecular weight is 418 g/mol. The van der Waals surface area contributed by atoms with Crippen LogP contribution in [0, 0.1) is 13.8 Å². The summed E-state index contributed by atoms with van der Waals surface area (Å²) in [5.74, 6) is 0.868. The maximum absolute atomic E-state index is 12.8. The second-order valence-electron chi connectivity index (χ2n) is 7.12. The number of hydrogen-bond acceptors (Lipinski definition) is 5. The molecule has 158 valence electrons. The van der Waals surface area contributed by atoms with Gasteiger partial charge < -0.3 is 24.8 Å². The molecule has 0 unspecified atom stereocenters. The first kappa shape index (κ1) is 20.3. The molecule has 2 N–H and O–H groups in total. The van der Waals surface area contributed by atoms with E-state index in [1.807, 2.05) is 32.0 Å². The zero-order valence-electron chi connectivity index (χ0n) is 17.2. The van der Waals surface area contributed by atoms with Crippen LogP contribution in [0.2, 0.25) is 0 Å². The summed E-state index contributed by atoms with van der Waals surface area (Å²) in [5.41, 5.74) is 3.59. The first-order chi connectivity index (χ1) is 15.0. The largest absolute Gasteiger partial charge is 0.483 e. The van der Waals surface area contributed by atoms with Crippen molar-refractivity contribution in [3.05, 3.63) is 77.4 Å². The van der Waals surface area contributed by atoms with Gasteiger partial charge in [0.25, 0.3) is 11.8 Å². The summed E-state index contributed by atoms with van der Waals surface area (Å²) >= 11 is 0. The van der Waals surface area contributed by atoms with E-state index in [0.29, 0.717) is 28.5 Å². The van der Waals surface area contributed by atoms with Crippen molar-refractivity contribution in [2.45, 2.75) is 13.8 Å². The number of rotatable bonds is 6. The molecule has 0 bridgehead atoms. The number of fused-ring (bicyclic) bond motifs is 1. The van der Waals surface area contributed by atoms with Crippen LogP contribution in [0.25, 0.3) is 0 Å². The summed E-state index contributed by atoms with van der Waals surface area (Å²) < 4.78 is 16.3. The van der Waals surface area contributed by atoms with Crippen molar-refractivity contribution in [2.24, 2.45) is 0 Å². The minimum absolute atomic E-state index is 0.160. The highest BCUT2D eigenvalue weighted by Crippen LogP contribution is 2.34. The van der Waals surface area contributed by atoms with Crippen LogP contribution in [0.5, 0.6) is 17.2 Å². The SMILES string of the molecule is Cc1cccc(C)c1NC(=O)COc1ccccc1C(=O)Nc1ccc2c(c1)OCO2. The van der Waals surface area contributed by atoms with Gasteiger partial charge in [0.15, 0.2) is 18.1 Å². The molecule has 7 heteroatoms. The molecular weight excluding hydrogens is 396 g/mol. The van der Waals surface area contributed by atoms with Crippen LogP contribution in [-0.2, 0) is 4.79 Å². The van der Waals surface area contributed by atoms with Crippen molar-refractivity contribution in [1.29, 1.82) is 0 Å². The van der Waals surface area contributed by atoms with Crippen molar-refractivity contribution in [1.82, 2.24) is 0 Å². The lowest BCUT2D eigenvalue weighted by Crippen LogP contribution is -2.22. The quantitative estimate of drug-likeness (QED) is 0.623. The van der Waals surface area contributed by atoms with Gasteiger partial charge in [-0.25, -0.2) is 0 Å². The molecule has 3 aromatic carbocycles. The smallest absolute Gasteiger partial charge is 0.262 e. The molecule has 0 saturated carbocycles. The van der Waals surface area contributed by atoms with Crippen molar-refractivity contribution in [3.8, 4) is 17.2 Å². The minimum atomic E-state index is -0.357. The Morgan fingerprint density at radius 3 is 2.45 bits per heavy atom. The number of benzene rings is 3. The van der Waals surface area contributed by atoms with Gasteiger partial charge >= 0.3 is 0 Å². The van der Waals surface area contributed by atoms with Crippen molar-refractivity contribution in [3.63, 3.8) is 0 Å². The molecule has 0 aromatic heterocycles. The van der Waals surface area contributed by atoms with Crippen LogP contribution in [0.15, 0.2) is 60.7 Å². The lowest BCUT2D eigenvalue weighted by molar-refractivity contribution is -0.118. The van der Waals surface area contributed by atoms with Crippen molar-refractivity contribution >= 4 is 23.2 Å². The number of carbonyl (C=O) groups excluding carboxylic acids is 2. The molecule has 4 rings (SSSR count). The van der Waals surface area contributed by atoms with Crippen LogP contribution in [0.1, 0.15) is 21.5 Å². The molecule has 0 atom stereocenters. The van der Waals surface area contributed by atoms with E-state index >= 15 is 0 Å². The number of nitrogens with one attached hydrogen (secondary N) is 2. The predicted molar refractivity (Wildman–Crippen MR) is 117 cm³/mol. The highest BCUT2D eigenvalue weighted by Gasteiger charge is 2.17. The number of amides is 2. The van der Waals surface area contributed by atoms with Gasteiger partial charge in [-0.05, 0) is 49.2 Å². The molecule has 31 heavy (non-hydrogen) atoms. The maximum Gasteiger partial charge on any atom is 0.262 e. The Hall–Kier alpha value is -4.00. The topological polar surface area (TPSA) is 85.9 Å². The fraction of sp³-hybridized carbons (Fsp3) is 0.167. The third-order valence-corrected chi connectivity index (χ3v) is 4.87. The molecule has 2 amide bonds. The summed E-state index contributed by atoms with van der Waals surface area (Å²) in [5, 5.41) is 5.69. The number of anilines is 2. The van der Waals surface area contributed by atoms with Crippen molar-refractivity contribution in [2.75, 3.05) is 24.0 Å². The monoisotopic (exact) mass is 418 g/mol. The van der Waals surface area contributed by atoms with Gasteiger partial charge in [0.1, 0.15) is 5.75 Å². The minimum Gasteiger partial charge on any atom is -0.483 e. The molecular formula is C24H22N2O5. The Morgan fingerprint density at radius 2 is 1.65 bits per heavy atom. The standard InChI is InChI=1S/C24H22N2O5/c1-15-6-5-7-16(2)23(15)26-22(27)13-29-19-9-4-3-8-18(19)24(28)25-17-10-11-20-21(12-17)31-14-30-20/h3-12H,13-14H2,1-2H3,(H,25,28)(H,26,27). The van der Waals surface area contributed by atoms with Crippen LogP contribution >= 0.6 is 0 Å². The summed E-state index contributed by atoms with van der Waals surface area (Å²) in [6.45, 7) is 3.80. The Morgan fingerprint density at radius 1 is 0.903 bits per heavy atom. The molecule has 0 spiro atoms. The van der Waals surface area contributed by atoms with Gasteiger partial charge in [-0.3, -0.25) is 9.59 Å². The van der Waals surface area contributed by atoms with Crippen LogP contribution in [0.4, 0.5) is 11.4 Å². The van der Waals surface area contributed by atoms with Gasteiger partial charge in [-0.15, -0.1) is 0 Å². The number of carbonyl (C=O) groups is 2. The molecule has 0 radical (unpaired) electrons. The van der Waals surface area contributed by atoms with E-state index in [1.54, 1.807) is 42.5 Å². The number of aryl methyl sites for hydroxylation is 2. The molecule has 1 aliphatic heterocycles. The normalized spacial score (nSPS) is 11.7. The summed E-state index contributed by atoms with van der Waals surface area (Å²) in [4.78, 5) is 25.2. The second kappa shape index (κ2) is 8.79. The molecule has 0 aliphatic carbocycles. The van der Waals surface area contributed by atoms with Gasteiger partial charge in [-0.1, -0.05) is 30.3 Å². The van der Waals surface area contributed by atoms with E-state index in [9.17, 15) is 9.59 Å². The molecule has 1 aliphatic rings. The van der Waals surface area contributed by atoms with E-state index in [0.717, 1.165) is 16.8 Å². The van der Waals surface area contributed by atoms with Crippen LogP contribution in [-0.4, -0.2) is 25.2 Å². The third kappa shape index (κ3) is 4.61. The molecule has 3 aromatic rings. The van der Waals surface area contributed by atoms with Crippen LogP contribution < -0.4 is 24.8 Å². The molecule has 0 saturated heterocycles. The lowest BCUT2D eigenvalue weighted by Gasteiger charge is -2.14. The van der Waals surface area contributed by atoms with Gasteiger partial charge in [-0.2, -0.15) is 0 Å². The summed E-state index contributed by atoms with van der Waals surface area (Å²) in [6.07, 6.45) is 0. The number of hydrogen-bond donors (Lipinski definition) is 2. The van der Waals surface area contributed by atoms with Gasteiger partial charge in [0, 0.05) is 17.4 Å². The Kier molecular flexibility index (Phi) is 5.75. The lowest BCUT2D eigenvalue weighted by atomic mass is 10.1. The highest BCUT2D eigenvalue weighted by atomic mass is 16.7. The molecule has 1 heterocycles. The van der Waals surface area contributed by atoms with E-state index in [2.05, 4.69) is 10.6 Å². The summed E-state index contributed by atoms with van der Waals surface area (Å²) in [7, 11) is 0. The Balaban J connectivity index is 1.42. The van der Waals surface area contributed by atoms with Crippen molar-refractivity contribution < 1.29 is 23.8 Å². The second-order valence-corrected chi connectivity index (χ2v) is 7.12. The Labute approximate surface area is 179 Å². The maximum atomic E-state index is 12.8. The molecule has 0 fully saturated rings. The number of para-hydroxylation sites is 2. The zero-order chi connectivity index (χ0) is 21.8. The Bertz CT molecular complexity index is 1120.